The predicted octanol–water partition coefficient (Wildman–Crippen LogP) is 9.19. The lowest BCUT2D eigenvalue weighted by Crippen LogP contribution is -2.42. The Morgan fingerprint density at radius 2 is 1.26 bits per heavy atom. The number of fused-ring (bicyclic) bond motifs is 1. The van der Waals surface area contributed by atoms with Crippen LogP contribution in [0.3, 0.4) is 0 Å². The Morgan fingerprint density at radius 3 is 1.86 bits per heavy atom. The van der Waals surface area contributed by atoms with Crippen molar-refractivity contribution in [2.45, 2.75) is 103 Å². The first-order valence-corrected chi connectivity index (χ1v) is 20.4. The van der Waals surface area contributed by atoms with Crippen LogP contribution in [-0.4, -0.2) is 45.4 Å². The quantitative estimate of drug-likeness (QED) is 0.0936. The number of nitrogens with one attached hydrogen (secondary N) is 1. The Balaban J connectivity index is 1.09. The van der Waals surface area contributed by atoms with Crippen LogP contribution in [0.15, 0.2) is 65.5 Å². The number of rotatable bonds is 8. The highest BCUT2D eigenvalue weighted by molar-refractivity contribution is 6.40. The second kappa shape index (κ2) is 14.0. The number of esters is 1. The molecule has 4 aromatic carbocycles. The van der Waals surface area contributed by atoms with Crippen LogP contribution in [0, 0.1) is 11.8 Å². The molecule has 4 aliphatic rings. The lowest BCUT2D eigenvalue weighted by Gasteiger charge is -2.32. The number of Topliss-reactive ketones (excluding diaryl/α,β-unsaturated/α-hetero) is 2. The van der Waals surface area contributed by atoms with E-state index in [1.54, 1.807) is 12.1 Å². The van der Waals surface area contributed by atoms with Crippen molar-refractivity contribution in [1.29, 1.82) is 0 Å². The molecule has 9 rings (SSSR count). The van der Waals surface area contributed by atoms with Crippen molar-refractivity contribution in [2.75, 3.05) is 4.90 Å². The highest BCUT2D eigenvalue weighted by Crippen LogP contribution is 2.46. The molecule has 2 fully saturated rings. The highest BCUT2D eigenvalue weighted by Gasteiger charge is 2.44. The van der Waals surface area contributed by atoms with Gasteiger partial charge < -0.3 is 9.72 Å². The molecule has 2 heterocycles. The van der Waals surface area contributed by atoms with Crippen LogP contribution in [0.1, 0.15) is 166 Å². The van der Waals surface area contributed by atoms with Crippen molar-refractivity contribution in [3.05, 3.63) is 116 Å². The number of aromatic amines is 1. The summed E-state index contributed by atoms with van der Waals surface area (Å²) >= 11 is 0. The van der Waals surface area contributed by atoms with E-state index in [0.29, 0.717) is 11.6 Å². The van der Waals surface area contributed by atoms with Crippen LogP contribution in [-0.2, 0) is 4.74 Å². The van der Waals surface area contributed by atoms with Crippen LogP contribution in [0.25, 0.3) is 21.7 Å². The van der Waals surface area contributed by atoms with Gasteiger partial charge in [-0.15, -0.1) is 0 Å². The van der Waals surface area contributed by atoms with E-state index < -0.39 is 40.8 Å². The molecule has 0 bridgehead atoms. The molecule has 1 aromatic heterocycles. The molecule has 2 saturated carbocycles. The van der Waals surface area contributed by atoms with Gasteiger partial charge >= 0.3 is 5.97 Å². The molecule has 0 radical (unpaired) electrons. The number of nitrogens with zero attached hydrogens (tertiary/aromatic N) is 2. The maximum Gasteiger partial charge on any atom is 0.338 e. The number of hydrogen-bond donors (Lipinski definition) is 1. The Hall–Kier alpha value is -5.77. The summed E-state index contributed by atoms with van der Waals surface area (Å²) in [4.78, 5) is 92.8. The van der Waals surface area contributed by atoms with Gasteiger partial charge in [-0.25, -0.2) is 14.7 Å². The summed E-state index contributed by atoms with van der Waals surface area (Å²) in [6, 6.07) is 16.9. The van der Waals surface area contributed by atoms with E-state index in [4.69, 9.17) is 4.74 Å². The molecule has 5 aromatic rings. The number of aromatic nitrogens is 2. The minimum atomic E-state index is -1.49. The predicted molar refractivity (Wildman–Crippen MR) is 217 cm³/mol. The fourth-order valence-electron chi connectivity index (χ4n) is 10.0. The monoisotopic (exact) mass is 763 g/mol. The van der Waals surface area contributed by atoms with Gasteiger partial charge in [-0.1, -0.05) is 65.5 Å². The first kappa shape index (κ1) is 36.8. The average Bonchev–Trinajstić information content (AvgIpc) is 3.94. The molecule has 0 unspecified atom stereocenters. The number of amides is 2. The van der Waals surface area contributed by atoms with Crippen LogP contribution in [0.2, 0.25) is 0 Å². The maximum absolute atomic E-state index is 14.5. The second-order valence-electron chi connectivity index (χ2n) is 17.0. The van der Waals surface area contributed by atoms with Crippen molar-refractivity contribution in [2.24, 2.45) is 11.8 Å². The number of carbonyl (C=O) groups excluding carboxylic acids is 5. The van der Waals surface area contributed by atoms with Gasteiger partial charge in [0.2, 0.25) is 0 Å². The van der Waals surface area contributed by atoms with Crippen molar-refractivity contribution in [1.82, 2.24) is 9.97 Å². The van der Waals surface area contributed by atoms with Gasteiger partial charge in [-0.3, -0.25) is 24.0 Å². The minimum absolute atomic E-state index is 0.0850. The van der Waals surface area contributed by atoms with Crippen molar-refractivity contribution >= 4 is 56.7 Å². The molecule has 10 heteroatoms. The molecule has 57 heavy (non-hydrogen) atoms. The molecule has 0 spiro atoms. The molecule has 1 aliphatic heterocycles. The average molecular weight is 764 g/mol. The van der Waals surface area contributed by atoms with Crippen molar-refractivity contribution in [3.63, 3.8) is 0 Å². The molecular formula is C47H45N3O7. The Bertz CT molecular complexity index is 2550. The van der Waals surface area contributed by atoms with Crippen LogP contribution < -0.4 is 10.5 Å². The number of ether oxygens (including phenoxy) is 1. The van der Waals surface area contributed by atoms with E-state index in [0.717, 1.165) is 44.1 Å². The van der Waals surface area contributed by atoms with Gasteiger partial charge in [-0.05, 0) is 109 Å². The van der Waals surface area contributed by atoms with Crippen molar-refractivity contribution in [3.8, 4) is 0 Å². The van der Waals surface area contributed by atoms with Gasteiger partial charge in [0.25, 0.3) is 17.4 Å². The molecule has 3 aliphatic carbocycles. The van der Waals surface area contributed by atoms with Gasteiger partial charge in [0.1, 0.15) is 17.8 Å². The molecule has 2 amide bonds. The third kappa shape index (κ3) is 5.94. The number of imide groups is 1. The van der Waals surface area contributed by atoms with E-state index in [1.165, 1.54) is 53.6 Å². The smallest absolute Gasteiger partial charge is 0.338 e. The van der Waals surface area contributed by atoms with Crippen LogP contribution in [0.4, 0.5) is 5.69 Å². The first-order valence-electron chi connectivity index (χ1n) is 20.4. The summed E-state index contributed by atoms with van der Waals surface area (Å²) < 4.78 is 5.81. The topological polar surface area (TPSA) is 144 Å². The standard InChI is InChI=1S/C47H45N3O7/c1-23(2)42(24(3)4)57-47(56)28-13-15-29-35(22-28)48-43(49-44(29)53)39-40(51)30-16-18-32-38-33(19-17-31(37(30)38)41(39)52)46(55)50(45(32)54)36-20-14-27(25-9-5-6-10-25)21-34(36)26-11-7-8-12-26/h13-26,39,42H,5-12H2,1-4H3,(H,48,49,53). The first-order chi connectivity index (χ1) is 27.4. The van der Waals surface area contributed by atoms with Crippen molar-refractivity contribution < 1.29 is 28.7 Å². The second-order valence-corrected chi connectivity index (χ2v) is 17.0. The van der Waals surface area contributed by atoms with E-state index in [-0.39, 0.29) is 79.2 Å². The van der Waals surface area contributed by atoms with Gasteiger partial charge in [-0.2, -0.15) is 0 Å². The summed E-state index contributed by atoms with van der Waals surface area (Å²) in [7, 11) is 0. The third-order valence-electron chi connectivity index (χ3n) is 12.8. The molecule has 290 valence electrons. The SMILES string of the molecule is CC(C)C(OC(=O)c1ccc2c(=O)[nH]c(C3C(=O)c4ccc5c6c(ccc(c46)C3=O)C(=O)N(c3ccc(C4CCCC4)cc3C3CCCC3)C5=O)nc2c1)C(C)C. The summed E-state index contributed by atoms with van der Waals surface area (Å²) in [6.07, 6.45) is 8.59. The van der Waals surface area contributed by atoms with E-state index in [9.17, 15) is 28.8 Å². The summed E-state index contributed by atoms with van der Waals surface area (Å²) in [5, 5.41) is 0.717. The lowest BCUT2D eigenvalue weighted by molar-refractivity contribution is 0.00323. The summed E-state index contributed by atoms with van der Waals surface area (Å²) in [5.41, 5.74) is 3.47. The van der Waals surface area contributed by atoms with E-state index in [2.05, 4.69) is 22.1 Å². The lowest BCUT2D eigenvalue weighted by atomic mass is 9.76. The fourth-order valence-corrected chi connectivity index (χ4v) is 10.0. The van der Waals surface area contributed by atoms with Gasteiger partial charge in [0, 0.05) is 33.0 Å². The Morgan fingerprint density at radius 1 is 0.702 bits per heavy atom. The highest BCUT2D eigenvalue weighted by atomic mass is 16.5. The molecule has 1 N–H and O–H groups in total. The molecule has 0 saturated heterocycles. The minimum Gasteiger partial charge on any atom is -0.458 e. The zero-order valence-corrected chi connectivity index (χ0v) is 32.6. The van der Waals surface area contributed by atoms with Crippen LogP contribution in [0.5, 0.6) is 0 Å². The summed E-state index contributed by atoms with van der Waals surface area (Å²) in [5.74, 6) is -3.51. The number of hydrogen-bond acceptors (Lipinski definition) is 8. The number of anilines is 1. The molecule has 10 nitrogen and oxygen atoms in total. The largest absolute Gasteiger partial charge is 0.458 e. The van der Waals surface area contributed by atoms with Gasteiger partial charge in [0.15, 0.2) is 11.6 Å². The summed E-state index contributed by atoms with van der Waals surface area (Å²) in [6.45, 7) is 7.90. The zero-order valence-electron chi connectivity index (χ0n) is 32.6. The van der Waals surface area contributed by atoms with E-state index in [1.807, 2.05) is 33.8 Å². The molecule has 0 atom stereocenters. The Kier molecular flexibility index (Phi) is 9.05. The molecular weight excluding hydrogens is 719 g/mol. The Labute approximate surface area is 330 Å². The maximum atomic E-state index is 14.5. The van der Waals surface area contributed by atoms with E-state index >= 15 is 0 Å². The number of H-pyrrole nitrogens is 1. The van der Waals surface area contributed by atoms with Gasteiger partial charge in [0.05, 0.1) is 22.2 Å². The fraction of sp³-hybridized carbons (Fsp3) is 0.383. The number of carbonyl (C=O) groups is 5. The third-order valence-corrected chi connectivity index (χ3v) is 12.8. The zero-order chi connectivity index (χ0) is 39.9. The number of ketones is 2. The number of benzene rings is 4. The normalized spacial score (nSPS) is 17.8. The van der Waals surface area contributed by atoms with Crippen LogP contribution >= 0.6 is 0 Å².